The number of hydrogen-bond acceptors (Lipinski definition) is 4. The molecule has 0 unspecified atom stereocenters. The van der Waals surface area contributed by atoms with Crippen LogP contribution in [0.2, 0.25) is 0 Å². The summed E-state index contributed by atoms with van der Waals surface area (Å²) in [5, 5.41) is 5.23. The summed E-state index contributed by atoms with van der Waals surface area (Å²) in [5.41, 5.74) is 14.1. The summed E-state index contributed by atoms with van der Waals surface area (Å²) in [4.78, 5) is 5.49. The third-order valence-corrected chi connectivity index (χ3v) is 6.40. The van der Waals surface area contributed by atoms with Crippen LogP contribution in [0.4, 0.5) is 10.1 Å². The minimum atomic E-state index is -0.338. The number of nitrogens with two attached hydrogens (primary N) is 1. The van der Waals surface area contributed by atoms with Crippen LogP contribution < -0.4 is 10.5 Å². The number of aryl methyl sites for hydroxylation is 1. The summed E-state index contributed by atoms with van der Waals surface area (Å²) >= 11 is 0. The summed E-state index contributed by atoms with van der Waals surface area (Å²) in [6.45, 7) is 5.58. The van der Waals surface area contributed by atoms with Gasteiger partial charge in [-0.05, 0) is 67.2 Å². The lowest BCUT2D eigenvalue weighted by Crippen LogP contribution is -2.19. The molecule has 0 aliphatic rings. The summed E-state index contributed by atoms with van der Waals surface area (Å²) in [5.74, 6) is 0.170. The van der Waals surface area contributed by atoms with Gasteiger partial charge < -0.3 is 20.4 Å². The van der Waals surface area contributed by atoms with Gasteiger partial charge in [0.25, 0.3) is 0 Å². The molecule has 0 radical (unpaired) electrons. The van der Waals surface area contributed by atoms with E-state index < -0.39 is 0 Å². The van der Waals surface area contributed by atoms with Crippen molar-refractivity contribution in [1.82, 2.24) is 19.7 Å². The Labute approximate surface area is 215 Å². The molecule has 0 spiro atoms. The number of aromatic amines is 1. The molecule has 37 heavy (non-hydrogen) atoms. The number of H-pyrrole nitrogens is 1. The predicted molar refractivity (Wildman–Crippen MR) is 149 cm³/mol. The van der Waals surface area contributed by atoms with Crippen molar-refractivity contribution < 1.29 is 9.13 Å². The van der Waals surface area contributed by atoms with Gasteiger partial charge in [-0.1, -0.05) is 24.8 Å². The number of nitrogens with zero attached hydrogens (tertiary/aromatic N) is 3. The minimum absolute atomic E-state index is 0.338. The van der Waals surface area contributed by atoms with Gasteiger partial charge in [0.2, 0.25) is 0 Å². The first-order valence-corrected chi connectivity index (χ1v) is 12.1. The Morgan fingerprint density at radius 1 is 1.08 bits per heavy atom. The Kier molecular flexibility index (Phi) is 6.54. The molecule has 6 nitrogen and oxygen atoms in total. The smallest absolute Gasteiger partial charge is 0.127 e. The van der Waals surface area contributed by atoms with Crippen LogP contribution in [0.15, 0.2) is 79.6 Å². The zero-order valence-corrected chi connectivity index (χ0v) is 21.3. The number of ether oxygens (including phenoxy) is 1. The van der Waals surface area contributed by atoms with Crippen LogP contribution in [0.25, 0.3) is 38.7 Å². The molecule has 0 aliphatic carbocycles. The van der Waals surface area contributed by atoms with Crippen LogP contribution in [0.5, 0.6) is 5.75 Å². The van der Waals surface area contributed by atoms with Gasteiger partial charge in [-0.15, -0.1) is 0 Å². The molecule has 0 saturated carbocycles. The molecular formula is C30H30FN5O. The molecule has 0 saturated heterocycles. The second-order valence-electron chi connectivity index (χ2n) is 9.46. The van der Waals surface area contributed by atoms with Crippen LogP contribution in [-0.2, 0) is 7.05 Å². The molecule has 2 aromatic heterocycles. The number of likely N-dealkylation sites (N-methyl/N-ethyl adjacent to an activating group) is 1. The maximum atomic E-state index is 14.5. The quantitative estimate of drug-likeness (QED) is 0.261. The molecule has 5 aromatic rings. The zero-order chi connectivity index (χ0) is 26.1. The molecule has 7 heteroatoms. The van der Waals surface area contributed by atoms with E-state index in [-0.39, 0.29) is 5.82 Å². The highest BCUT2D eigenvalue weighted by atomic mass is 19.1. The van der Waals surface area contributed by atoms with Crippen LogP contribution >= 0.6 is 0 Å². The Balaban J connectivity index is 1.50. The van der Waals surface area contributed by atoms with Crippen molar-refractivity contribution in [3.63, 3.8) is 0 Å². The average Bonchev–Trinajstić information content (AvgIpc) is 3.49. The highest BCUT2D eigenvalue weighted by Gasteiger charge is 2.15. The highest BCUT2D eigenvalue weighted by molar-refractivity contribution is 5.99. The fourth-order valence-electron chi connectivity index (χ4n) is 4.43. The lowest BCUT2D eigenvalue weighted by molar-refractivity contribution is 0.260. The number of nitrogens with one attached hydrogen (secondary N) is 1. The summed E-state index contributed by atoms with van der Waals surface area (Å²) < 4.78 is 22.1. The van der Waals surface area contributed by atoms with E-state index in [1.54, 1.807) is 4.68 Å². The van der Waals surface area contributed by atoms with Gasteiger partial charge >= 0.3 is 0 Å². The van der Waals surface area contributed by atoms with Crippen LogP contribution in [0.3, 0.4) is 0 Å². The van der Waals surface area contributed by atoms with Crippen molar-refractivity contribution >= 4 is 22.2 Å². The maximum absolute atomic E-state index is 14.5. The molecule has 3 N–H and O–H groups in total. The largest absolute Gasteiger partial charge is 0.492 e. The summed E-state index contributed by atoms with van der Waals surface area (Å²) in [6, 6.07) is 18.7. The van der Waals surface area contributed by atoms with Crippen LogP contribution in [0, 0.1) is 5.82 Å². The molecule has 0 aliphatic heterocycles. The second kappa shape index (κ2) is 9.95. The third-order valence-electron chi connectivity index (χ3n) is 6.40. The number of halogens is 1. The minimum Gasteiger partial charge on any atom is -0.492 e. The van der Waals surface area contributed by atoms with Crippen molar-refractivity contribution in [1.29, 1.82) is 0 Å². The standard InChI is InChI=1S/C30H30FN5O/c1-19(26-14-20(8-9-28(26)32)22-17-33-36(4)18-22)30-16-27-25(6-5-7-29(27)34-30)21-12-23(31)15-24(13-21)37-11-10-35(2)3/h5-9,12-18,34H,1,10-11,32H2,2-4H3. The molecular weight excluding hydrogens is 465 g/mol. The molecule has 0 amide bonds. The number of fused-ring (bicyclic) bond motifs is 1. The van der Waals surface area contributed by atoms with Crippen molar-refractivity contribution in [3.8, 4) is 28.0 Å². The Bertz CT molecular complexity index is 1600. The molecule has 0 atom stereocenters. The number of aromatic nitrogens is 3. The van der Waals surface area contributed by atoms with E-state index >= 15 is 0 Å². The Hall–Kier alpha value is -4.36. The molecule has 0 bridgehead atoms. The van der Waals surface area contributed by atoms with Gasteiger partial charge in [-0.25, -0.2) is 4.39 Å². The van der Waals surface area contributed by atoms with Crippen LogP contribution in [-0.4, -0.2) is 46.9 Å². The molecule has 2 heterocycles. The highest BCUT2D eigenvalue weighted by Crippen LogP contribution is 2.36. The molecule has 5 rings (SSSR count). The molecule has 3 aromatic carbocycles. The number of benzene rings is 3. The monoisotopic (exact) mass is 495 g/mol. The van der Waals surface area contributed by atoms with Gasteiger partial charge in [0.1, 0.15) is 18.2 Å². The van der Waals surface area contributed by atoms with Gasteiger partial charge in [0.05, 0.1) is 6.20 Å². The fourth-order valence-corrected chi connectivity index (χ4v) is 4.43. The van der Waals surface area contributed by atoms with Crippen molar-refractivity contribution in [2.24, 2.45) is 7.05 Å². The number of nitrogen functional groups attached to an aromatic ring is 1. The first-order chi connectivity index (χ1) is 17.8. The van der Waals surface area contributed by atoms with E-state index in [0.717, 1.165) is 56.5 Å². The van der Waals surface area contributed by atoms with E-state index in [9.17, 15) is 4.39 Å². The number of rotatable bonds is 8. The lowest BCUT2D eigenvalue weighted by atomic mass is 9.97. The third kappa shape index (κ3) is 5.13. The molecule has 0 fully saturated rings. The predicted octanol–water partition coefficient (Wildman–Crippen LogP) is 5.96. The number of anilines is 1. The normalized spacial score (nSPS) is 11.4. The summed E-state index contributed by atoms with van der Waals surface area (Å²) in [6.07, 6.45) is 3.79. The second-order valence-corrected chi connectivity index (χ2v) is 9.46. The fraction of sp³-hybridized carbons (Fsp3) is 0.167. The van der Waals surface area contributed by atoms with E-state index in [1.807, 2.05) is 87.0 Å². The maximum Gasteiger partial charge on any atom is 0.127 e. The first kappa shape index (κ1) is 24.3. The Morgan fingerprint density at radius 3 is 2.68 bits per heavy atom. The first-order valence-electron chi connectivity index (χ1n) is 12.1. The SMILES string of the molecule is C=C(c1cc2c(-c3cc(F)cc(OCCN(C)C)c3)cccc2[nH]1)c1cc(-c2cnn(C)c2)ccc1N. The summed E-state index contributed by atoms with van der Waals surface area (Å²) in [7, 11) is 5.84. The van der Waals surface area contributed by atoms with Gasteiger partial charge in [-0.2, -0.15) is 5.10 Å². The van der Waals surface area contributed by atoms with E-state index in [1.165, 1.54) is 12.1 Å². The van der Waals surface area contributed by atoms with Gasteiger partial charge in [0, 0.05) is 64.8 Å². The topological polar surface area (TPSA) is 72.1 Å². The van der Waals surface area contributed by atoms with Gasteiger partial charge in [-0.3, -0.25) is 4.68 Å². The van der Waals surface area contributed by atoms with E-state index in [2.05, 4.69) is 16.7 Å². The average molecular weight is 496 g/mol. The van der Waals surface area contributed by atoms with Crippen molar-refractivity contribution in [2.75, 3.05) is 33.0 Å². The van der Waals surface area contributed by atoms with Crippen molar-refractivity contribution in [2.45, 2.75) is 0 Å². The van der Waals surface area contributed by atoms with E-state index in [4.69, 9.17) is 10.5 Å². The van der Waals surface area contributed by atoms with Gasteiger partial charge in [0.15, 0.2) is 0 Å². The van der Waals surface area contributed by atoms with E-state index in [0.29, 0.717) is 18.0 Å². The lowest BCUT2D eigenvalue weighted by Gasteiger charge is -2.12. The number of hydrogen-bond donors (Lipinski definition) is 2. The van der Waals surface area contributed by atoms with Crippen LogP contribution in [0.1, 0.15) is 11.3 Å². The van der Waals surface area contributed by atoms with Crippen molar-refractivity contribution in [3.05, 3.63) is 96.7 Å². The Morgan fingerprint density at radius 2 is 1.92 bits per heavy atom. The zero-order valence-electron chi connectivity index (χ0n) is 21.3. The molecule has 188 valence electrons.